The van der Waals surface area contributed by atoms with Crippen molar-refractivity contribution in [3.63, 3.8) is 0 Å². The second-order valence-corrected chi connectivity index (χ2v) is 8.88. The van der Waals surface area contributed by atoms with Crippen LogP contribution in [0.3, 0.4) is 0 Å². The van der Waals surface area contributed by atoms with Crippen molar-refractivity contribution in [2.75, 3.05) is 13.2 Å². The van der Waals surface area contributed by atoms with Gasteiger partial charge in [0, 0.05) is 11.1 Å². The highest BCUT2D eigenvalue weighted by molar-refractivity contribution is 9.13. The van der Waals surface area contributed by atoms with E-state index in [4.69, 9.17) is 14.2 Å². The summed E-state index contributed by atoms with van der Waals surface area (Å²) in [6.07, 6.45) is 13.8. The minimum Gasteiger partial charge on any atom is -0.492 e. The third-order valence-corrected chi connectivity index (χ3v) is 7.23. The van der Waals surface area contributed by atoms with E-state index in [-0.39, 0.29) is 12.2 Å². The SMILES string of the molecule is CCCCCCOc1c(Br)c(Br)c(OCCCCCC)c2c1C1C=CC2O1. The third kappa shape index (κ3) is 4.73. The summed E-state index contributed by atoms with van der Waals surface area (Å²) >= 11 is 7.48. The third-order valence-electron chi connectivity index (χ3n) is 5.18. The van der Waals surface area contributed by atoms with Gasteiger partial charge in [0.15, 0.2) is 0 Å². The molecule has 0 aromatic heterocycles. The largest absolute Gasteiger partial charge is 0.492 e. The Morgan fingerprint density at radius 1 is 0.741 bits per heavy atom. The van der Waals surface area contributed by atoms with Crippen LogP contribution >= 0.6 is 31.9 Å². The molecule has 1 aromatic carbocycles. The summed E-state index contributed by atoms with van der Waals surface area (Å²) in [5.41, 5.74) is 2.27. The van der Waals surface area contributed by atoms with E-state index in [9.17, 15) is 0 Å². The molecular formula is C22H30Br2O3. The Labute approximate surface area is 180 Å². The molecule has 5 heteroatoms. The zero-order valence-electron chi connectivity index (χ0n) is 16.4. The molecule has 0 N–H and O–H groups in total. The van der Waals surface area contributed by atoms with Gasteiger partial charge in [-0.3, -0.25) is 0 Å². The monoisotopic (exact) mass is 500 g/mol. The van der Waals surface area contributed by atoms with Gasteiger partial charge in [0.25, 0.3) is 0 Å². The number of rotatable bonds is 12. The molecule has 1 aromatic rings. The number of halogens is 2. The molecule has 0 aliphatic carbocycles. The topological polar surface area (TPSA) is 27.7 Å². The maximum absolute atomic E-state index is 6.23. The molecule has 2 unspecified atom stereocenters. The van der Waals surface area contributed by atoms with Crippen molar-refractivity contribution in [2.24, 2.45) is 0 Å². The van der Waals surface area contributed by atoms with Crippen molar-refractivity contribution in [3.8, 4) is 11.5 Å². The Morgan fingerprint density at radius 3 is 1.59 bits per heavy atom. The molecule has 0 amide bonds. The molecule has 0 saturated carbocycles. The lowest BCUT2D eigenvalue weighted by Gasteiger charge is -2.21. The van der Waals surface area contributed by atoms with E-state index < -0.39 is 0 Å². The number of ether oxygens (including phenoxy) is 3. The van der Waals surface area contributed by atoms with Gasteiger partial charge in [-0.25, -0.2) is 0 Å². The first kappa shape index (κ1) is 21.2. The number of benzene rings is 1. The molecule has 0 fully saturated rings. The van der Waals surface area contributed by atoms with Crippen LogP contribution in [0, 0.1) is 0 Å². The highest BCUT2D eigenvalue weighted by Crippen LogP contribution is 2.58. The Morgan fingerprint density at radius 2 is 1.19 bits per heavy atom. The molecule has 2 aliphatic rings. The minimum atomic E-state index is -0.0255. The summed E-state index contributed by atoms with van der Waals surface area (Å²) < 4.78 is 20.4. The Balaban J connectivity index is 1.78. The number of fused-ring (bicyclic) bond motifs is 5. The van der Waals surface area contributed by atoms with Crippen LogP contribution in [0.2, 0.25) is 0 Å². The quantitative estimate of drug-likeness (QED) is 0.216. The van der Waals surface area contributed by atoms with Crippen LogP contribution in [0.5, 0.6) is 11.5 Å². The minimum absolute atomic E-state index is 0.0255. The normalized spacial score (nSPS) is 19.6. The van der Waals surface area contributed by atoms with Gasteiger partial charge in [0.2, 0.25) is 0 Å². The van der Waals surface area contributed by atoms with Crippen LogP contribution in [-0.2, 0) is 4.74 Å². The van der Waals surface area contributed by atoms with Crippen LogP contribution in [0.15, 0.2) is 21.1 Å². The van der Waals surface area contributed by atoms with Gasteiger partial charge < -0.3 is 14.2 Å². The average molecular weight is 502 g/mol. The predicted molar refractivity (Wildman–Crippen MR) is 117 cm³/mol. The van der Waals surface area contributed by atoms with Crippen molar-refractivity contribution in [1.29, 1.82) is 0 Å². The zero-order valence-corrected chi connectivity index (χ0v) is 19.5. The first-order valence-electron chi connectivity index (χ1n) is 10.3. The van der Waals surface area contributed by atoms with E-state index in [2.05, 4.69) is 57.9 Å². The fourth-order valence-corrected chi connectivity index (χ4v) is 4.73. The van der Waals surface area contributed by atoms with E-state index in [1.54, 1.807) is 0 Å². The van der Waals surface area contributed by atoms with Crippen molar-refractivity contribution in [1.82, 2.24) is 0 Å². The van der Waals surface area contributed by atoms with E-state index in [1.807, 2.05) is 0 Å². The van der Waals surface area contributed by atoms with Gasteiger partial charge in [-0.2, -0.15) is 0 Å². The molecule has 2 bridgehead atoms. The summed E-state index contributed by atoms with van der Waals surface area (Å²) in [6.45, 7) is 5.91. The molecule has 2 aliphatic heterocycles. The van der Waals surface area contributed by atoms with Crippen LogP contribution in [-0.4, -0.2) is 13.2 Å². The Bertz CT molecular complexity index is 617. The molecule has 3 rings (SSSR count). The summed E-state index contributed by atoms with van der Waals surface area (Å²) in [5.74, 6) is 1.81. The highest BCUT2D eigenvalue weighted by atomic mass is 79.9. The second-order valence-electron chi connectivity index (χ2n) is 7.29. The van der Waals surface area contributed by atoms with Gasteiger partial charge in [0.1, 0.15) is 23.7 Å². The smallest absolute Gasteiger partial charge is 0.141 e. The van der Waals surface area contributed by atoms with Crippen molar-refractivity contribution >= 4 is 31.9 Å². The first-order chi connectivity index (χ1) is 13.2. The fourth-order valence-electron chi connectivity index (χ4n) is 3.71. The molecule has 0 saturated heterocycles. The van der Waals surface area contributed by atoms with Gasteiger partial charge in [-0.05, 0) is 44.7 Å². The Kier molecular flexibility index (Phi) is 8.10. The second kappa shape index (κ2) is 10.3. The van der Waals surface area contributed by atoms with Crippen LogP contribution < -0.4 is 9.47 Å². The molecule has 27 heavy (non-hydrogen) atoms. The molecular weight excluding hydrogens is 472 g/mol. The van der Waals surface area contributed by atoms with Crippen molar-refractivity contribution < 1.29 is 14.2 Å². The molecule has 0 spiro atoms. The van der Waals surface area contributed by atoms with Gasteiger partial charge >= 0.3 is 0 Å². The summed E-state index contributed by atoms with van der Waals surface area (Å²) in [5, 5.41) is 0. The predicted octanol–water partition coefficient (Wildman–Crippen LogP) is 7.81. The molecule has 0 radical (unpaired) electrons. The summed E-state index contributed by atoms with van der Waals surface area (Å²) in [7, 11) is 0. The van der Waals surface area contributed by atoms with Gasteiger partial charge in [-0.1, -0.05) is 64.5 Å². The standard InChI is InChI=1S/C22H30Br2O3/c1-3-5-7-9-13-25-21-17-15-11-12-16(27-15)18(17)22(20(24)19(21)23)26-14-10-8-6-4-2/h11-12,15-16H,3-10,13-14H2,1-2H3. The van der Waals surface area contributed by atoms with Gasteiger partial charge in [0.05, 0.1) is 22.2 Å². The van der Waals surface area contributed by atoms with Gasteiger partial charge in [-0.15, -0.1) is 0 Å². The average Bonchev–Trinajstić information content (AvgIpc) is 3.28. The van der Waals surface area contributed by atoms with Crippen molar-refractivity contribution in [2.45, 2.75) is 77.4 Å². The highest BCUT2D eigenvalue weighted by Gasteiger charge is 2.41. The van der Waals surface area contributed by atoms with Crippen LogP contribution in [0.1, 0.15) is 88.5 Å². The molecule has 3 nitrogen and oxygen atoms in total. The summed E-state index contributed by atoms with van der Waals surface area (Å²) in [4.78, 5) is 0. The molecule has 2 heterocycles. The van der Waals surface area contributed by atoms with E-state index >= 15 is 0 Å². The lowest BCUT2D eigenvalue weighted by molar-refractivity contribution is 0.0855. The zero-order chi connectivity index (χ0) is 19.2. The number of hydrogen-bond donors (Lipinski definition) is 0. The lowest BCUT2D eigenvalue weighted by atomic mass is 9.95. The van der Waals surface area contributed by atoms with Crippen LogP contribution in [0.4, 0.5) is 0 Å². The maximum atomic E-state index is 6.23. The van der Waals surface area contributed by atoms with Crippen molar-refractivity contribution in [3.05, 3.63) is 32.2 Å². The molecule has 150 valence electrons. The van der Waals surface area contributed by atoms with E-state index in [1.165, 1.54) is 38.5 Å². The fraction of sp³-hybridized carbons (Fsp3) is 0.636. The van der Waals surface area contributed by atoms with Crippen LogP contribution in [0.25, 0.3) is 0 Å². The maximum Gasteiger partial charge on any atom is 0.141 e. The lowest BCUT2D eigenvalue weighted by Crippen LogP contribution is -2.08. The first-order valence-corrected chi connectivity index (χ1v) is 11.9. The summed E-state index contributed by atoms with van der Waals surface area (Å²) in [6, 6.07) is 0. The number of unbranched alkanes of at least 4 members (excludes halogenated alkanes) is 6. The van der Waals surface area contributed by atoms with E-state index in [0.717, 1.165) is 57.6 Å². The van der Waals surface area contributed by atoms with E-state index in [0.29, 0.717) is 0 Å². The number of hydrogen-bond acceptors (Lipinski definition) is 3. The Hall–Kier alpha value is -0.520. The molecule has 2 atom stereocenters.